The summed E-state index contributed by atoms with van der Waals surface area (Å²) in [6.07, 6.45) is 1.77. The molecule has 248 valence electrons. The van der Waals surface area contributed by atoms with Crippen LogP contribution < -0.4 is 33.8 Å². The lowest BCUT2D eigenvalue weighted by Gasteiger charge is -2.25. The third-order valence-electron chi connectivity index (χ3n) is 7.46. The average Bonchev–Trinajstić information content (AvgIpc) is 3.38. The molecule has 4 aromatic rings. The van der Waals surface area contributed by atoms with Crippen LogP contribution >= 0.6 is 33.9 Å². The van der Waals surface area contributed by atoms with Gasteiger partial charge in [0.25, 0.3) is 5.56 Å². The third kappa shape index (κ3) is 7.12. The number of ether oxygens (including phenoxy) is 5. The van der Waals surface area contributed by atoms with Gasteiger partial charge in [-0.1, -0.05) is 35.6 Å². The van der Waals surface area contributed by atoms with Crippen molar-refractivity contribution < 1.29 is 28.5 Å². The molecule has 0 radical (unpaired) electrons. The van der Waals surface area contributed by atoms with Gasteiger partial charge in [-0.15, -0.1) is 0 Å². The summed E-state index contributed by atoms with van der Waals surface area (Å²) in [5, 5.41) is 9.45. The molecule has 48 heavy (non-hydrogen) atoms. The minimum atomic E-state index is -0.806. The molecule has 1 aromatic heterocycles. The Bertz CT molecular complexity index is 2110. The number of hydrogen-bond donors (Lipinski definition) is 0. The molecule has 10 nitrogen and oxygen atoms in total. The molecule has 0 saturated carbocycles. The predicted molar refractivity (Wildman–Crippen MR) is 190 cm³/mol. The molecule has 0 fully saturated rings. The Morgan fingerprint density at radius 1 is 1.02 bits per heavy atom. The van der Waals surface area contributed by atoms with Crippen molar-refractivity contribution in [2.45, 2.75) is 40.3 Å². The van der Waals surface area contributed by atoms with Gasteiger partial charge in [-0.05, 0) is 97.8 Å². The minimum Gasteiger partial charge on any atom is -0.493 e. The zero-order valence-corrected chi connectivity index (χ0v) is 30.1. The fraction of sp³-hybridized carbons (Fsp3) is 0.278. The van der Waals surface area contributed by atoms with E-state index in [-0.39, 0.29) is 24.3 Å². The van der Waals surface area contributed by atoms with E-state index in [4.69, 9.17) is 23.7 Å². The second-order valence-electron chi connectivity index (χ2n) is 10.5. The van der Waals surface area contributed by atoms with Crippen LogP contribution in [0.5, 0.6) is 23.0 Å². The molecule has 5 rings (SSSR count). The van der Waals surface area contributed by atoms with E-state index in [1.807, 2.05) is 44.2 Å². The molecule has 1 atom stereocenters. The maximum atomic E-state index is 14.2. The van der Waals surface area contributed by atoms with Crippen molar-refractivity contribution in [3.8, 4) is 29.1 Å². The quantitative estimate of drug-likeness (QED) is 0.134. The van der Waals surface area contributed by atoms with E-state index in [1.54, 1.807) is 51.3 Å². The van der Waals surface area contributed by atoms with Gasteiger partial charge in [0.05, 0.1) is 64.0 Å². The number of benzene rings is 3. The molecule has 1 aliphatic heterocycles. The summed E-state index contributed by atoms with van der Waals surface area (Å²) in [5.41, 5.74) is 3.10. The van der Waals surface area contributed by atoms with E-state index < -0.39 is 12.0 Å². The molecule has 0 aliphatic carbocycles. The summed E-state index contributed by atoms with van der Waals surface area (Å²) < 4.78 is 31.6. The fourth-order valence-electron chi connectivity index (χ4n) is 5.36. The van der Waals surface area contributed by atoms with Gasteiger partial charge in [-0.3, -0.25) is 9.36 Å². The number of halogens is 1. The van der Waals surface area contributed by atoms with Crippen molar-refractivity contribution in [1.82, 2.24) is 4.57 Å². The lowest BCUT2D eigenvalue weighted by atomic mass is 9.95. The second kappa shape index (κ2) is 15.5. The Balaban J connectivity index is 1.60. The first-order chi connectivity index (χ1) is 23.2. The molecule has 2 heterocycles. The zero-order valence-electron chi connectivity index (χ0n) is 27.2. The standard InChI is InChI=1S/C36H34IN3O7S/c1-6-44-27-14-13-23(18-28(27)45-7-2)32-31(35(42)46-8-3)21(4)39-36-40(32)34(41)30(48-36)17-22-15-26(37)33(29(16-22)43-5)47-20-25-12-10-9-11-24(25)19-38/h9-18,32H,6-8,20H2,1-5H3/b30-17-/t32-/m1/s1. The SMILES string of the molecule is CCOC(=O)C1=C(C)N=c2s/c(=C\c3cc(I)c(OCc4ccccc4C#N)c(OC)c3)c(=O)n2[C@@H]1c1ccc(OCC)c(OCC)c1. The van der Waals surface area contributed by atoms with Crippen LogP contribution in [0.1, 0.15) is 56.0 Å². The number of esters is 1. The molecule has 0 bridgehead atoms. The maximum Gasteiger partial charge on any atom is 0.338 e. The zero-order chi connectivity index (χ0) is 34.4. The predicted octanol–water partition coefficient (Wildman–Crippen LogP) is 5.66. The van der Waals surface area contributed by atoms with Gasteiger partial charge in [0.15, 0.2) is 27.8 Å². The van der Waals surface area contributed by atoms with Gasteiger partial charge in [0.1, 0.15) is 6.61 Å². The molecule has 0 unspecified atom stereocenters. The number of fused-ring (bicyclic) bond motifs is 1. The van der Waals surface area contributed by atoms with Gasteiger partial charge in [0, 0.05) is 5.56 Å². The molecule has 12 heteroatoms. The van der Waals surface area contributed by atoms with Crippen molar-refractivity contribution in [2.24, 2.45) is 4.99 Å². The number of hydrogen-bond acceptors (Lipinski definition) is 10. The Kier molecular flexibility index (Phi) is 11.2. The third-order valence-corrected chi connectivity index (χ3v) is 9.24. The summed E-state index contributed by atoms with van der Waals surface area (Å²) in [4.78, 5) is 32.7. The van der Waals surface area contributed by atoms with Crippen LogP contribution in [0.25, 0.3) is 6.08 Å². The molecule has 0 N–H and O–H groups in total. The smallest absolute Gasteiger partial charge is 0.338 e. The number of allylic oxidation sites excluding steroid dienone is 1. The number of nitriles is 1. The Morgan fingerprint density at radius 2 is 1.77 bits per heavy atom. The van der Waals surface area contributed by atoms with Gasteiger partial charge < -0.3 is 23.7 Å². The van der Waals surface area contributed by atoms with Crippen molar-refractivity contribution in [1.29, 1.82) is 5.26 Å². The summed E-state index contributed by atoms with van der Waals surface area (Å²) in [5.74, 6) is 1.54. The number of carbonyl (C=O) groups is 1. The average molecular weight is 780 g/mol. The lowest BCUT2D eigenvalue weighted by Crippen LogP contribution is -2.40. The highest BCUT2D eigenvalue weighted by Crippen LogP contribution is 2.37. The molecular weight excluding hydrogens is 745 g/mol. The van der Waals surface area contributed by atoms with Gasteiger partial charge in [-0.25, -0.2) is 9.79 Å². The van der Waals surface area contributed by atoms with Crippen molar-refractivity contribution in [3.05, 3.63) is 111 Å². The van der Waals surface area contributed by atoms with E-state index in [1.165, 1.54) is 15.9 Å². The van der Waals surface area contributed by atoms with Crippen LogP contribution in [-0.2, 0) is 16.1 Å². The van der Waals surface area contributed by atoms with Crippen molar-refractivity contribution in [3.63, 3.8) is 0 Å². The number of thiazole rings is 1. The first kappa shape index (κ1) is 34.7. The van der Waals surface area contributed by atoms with E-state index >= 15 is 0 Å². The van der Waals surface area contributed by atoms with Crippen LogP contribution in [0, 0.1) is 14.9 Å². The van der Waals surface area contributed by atoms with E-state index in [0.29, 0.717) is 67.9 Å². The molecule has 3 aromatic carbocycles. The number of rotatable bonds is 12. The van der Waals surface area contributed by atoms with Crippen LogP contribution in [0.15, 0.2) is 75.7 Å². The number of nitrogens with zero attached hydrogens (tertiary/aromatic N) is 3. The fourth-order valence-corrected chi connectivity index (χ4v) is 7.19. The first-order valence-corrected chi connectivity index (χ1v) is 17.2. The van der Waals surface area contributed by atoms with Crippen LogP contribution in [0.4, 0.5) is 0 Å². The highest BCUT2D eigenvalue weighted by Gasteiger charge is 2.34. The first-order valence-electron chi connectivity index (χ1n) is 15.3. The van der Waals surface area contributed by atoms with Crippen LogP contribution in [0.3, 0.4) is 0 Å². The van der Waals surface area contributed by atoms with E-state index in [0.717, 1.165) is 9.13 Å². The molecule has 0 saturated heterocycles. The largest absolute Gasteiger partial charge is 0.493 e. The topological polar surface area (TPSA) is 121 Å². The highest BCUT2D eigenvalue weighted by atomic mass is 127. The van der Waals surface area contributed by atoms with E-state index in [2.05, 4.69) is 33.7 Å². The van der Waals surface area contributed by atoms with Gasteiger partial charge >= 0.3 is 5.97 Å². The highest BCUT2D eigenvalue weighted by molar-refractivity contribution is 14.1. The molecule has 1 aliphatic rings. The monoisotopic (exact) mass is 779 g/mol. The number of methoxy groups -OCH3 is 1. The summed E-state index contributed by atoms with van der Waals surface area (Å²) in [7, 11) is 1.55. The van der Waals surface area contributed by atoms with Gasteiger partial charge in [-0.2, -0.15) is 5.26 Å². The molecule has 0 amide bonds. The Labute approximate surface area is 295 Å². The Hall–Kier alpha value is -4.61. The summed E-state index contributed by atoms with van der Waals surface area (Å²) in [6, 6.07) is 17.7. The normalized spacial score (nSPS) is 14.1. The minimum absolute atomic E-state index is 0.172. The molecular formula is C36H34IN3O7S. The van der Waals surface area contributed by atoms with Crippen molar-refractivity contribution in [2.75, 3.05) is 26.9 Å². The summed E-state index contributed by atoms with van der Waals surface area (Å²) >= 11 is 3.39. The van der Waals surface area contributed by atoms with Crippen LogP contribution in [-0.4, -0.2) is 37.5 Å². The maximum absolute atomic E-state index is 14.2. The van der Waals surface area contributed by atoms with Crippen LogP contribution in [0.2, 0.25) is 0 Å². The molecule has 0 spiro atoms. The number of aromatic nitrogens is 1. The lowest BCUT2D eigenvalue weighted by molar-refractivity contribution is -0.139. The Morgan fingerprint density at radius 3 is 2.48 bits per heavy atom. The summed E-state index contributed by atoms with van der Waals surface area (Å²) in [6.45, 7) is 8.47. The second-order valence-corrected chi connectivity index (χ2v) is 12.6. The van der Waals surface area contributed by atoms with Gasteiger partial charge in [0.2, 0.25) is 0 Å². The van der Waals surface area contributed by atoms with E-state index in [9.17, 15) is 14.9 Å². The number of carbonyl (C=O) groups excluding carboxylic acids is 1. The van der Waals surface area contributed by atoms with Crippen molar-refractivity contribution >= 4 is 46.0 Å².